The second-order valence-electron chi connectivity index (χ2n) is 5.26. The normalized spacial score (nSPS) is 10.9. The Kier molecular flexibility index (Phi) is 3.72. The van der Waals surface area contributed by atoms with E-state index in [2.05, 4.69) is 0 Å². The van der Waals surface area contributed by atoms with E-state index in [1.54, 1.807) is 12.1 Å². The number of phenolic OH excluding ortho intramolecular Hbond substituents is 1. The van der Waals surface area contributed by atoms with Gasteiger partial charge >= 0.3 is 0 Å². The lowest BCUT2D eigenvalue weighted by molar-refractivity contribution is 0.112. The molecule has 0 amide bonds. The van der Waals surface area contributed by atoms with E-state index in [4.69, 9.17) is 4.42 Å². The number of hydrogen-bond donors (Lipinski definition) is 2. The number of benzene rings is 2. The van der Waals surface area contributed by atoms with Crippen molar-refractivity contribution in [2.45, 2.75) is 13.5 Å². The Balaban J connectivity index is 2.34. The lowest BCUT2D eigenvalue weighted by Crippen LogP contribution is -2.08. The van der Waals surface area contributed by atoms with Crippen molar-refractivity contribution in [3.63, 3.8) is 0 Å². The standard InChI is InChI=1S/C18H14O5/c1-10-2-5-16-17(13(10)8-20)18(22)14(9-23-16)11-3-4-15(21)12(6-11)7-19/h2-7,9,20-21H,8H2,1H3. The van der Waals surface area contributed by atoms with Crippen molar-refractivity contribution >= 4 is 17.3 Å². The monoisotopic (exact) mass is 310 g/mol. The van der Waals surface area contributed by atoms with Gasteiger partial charge < -0.3 is 14.6 Å². The van der Waals surface area contributed by atoms with Gasteiger partial charge in [-0.05, 0) is 41.8 Å². The molecule has 23 heavy (non-hydrogen) atoms. The Morgan fingerprint density at radius 3 is 2.70 bits per heavy atom. The molecule has 0 radical (unpaired) electrons. The number of carbonyl (C=O) groups is 1. The summed E-state index contributed by atoms with van der Waals surface area (Å²) in [6, 6.07) is 7.78. The molecule has 0 aliphatic carbocycles. The Morgan fingerprint density at radius 2 is 2.00 bits per heavy atom. The van der Waals surface area contributed by atoms with Gasteiger partial charge in [0.15, 0.2) is 6.29 Å². The lowest BCUT2D eigenvalue weighted by Gasteiger charge is -2.09. The second-order valence-corrected chi connectivity index (χ2v) is 5.26. The summed E-state index contributed by atoms with van der Waals surface area (Å²) in [5.74, 6) is -0.152. The summed E-state index contributed by atoms with van der Waals surface area (Å²) in [4.78, 5) is 23.8. The molecule has 3 aromatic rings. The number of hydrogen-bond acceptors (Lipinski definition) is 5. The average molecular weight is 310 g/mol. The van der Waals surface area contributed by atoms with Gasteiger partial charge in [0.25, 0.3) is 0 Å². The number of phenols is 1. The zero-order valence-electron chi connectivity index (χ0n) is 12.4. The van der Waals surface area contributed by atoms with E-state index in [-0.39, 0.29) is 28.9 Å². The molecular weight excluding hydrogens is 296 g/mol. The minimum atomic E-state index is -0.290. The molecule has 0 fully saturated rings. The molecule has 1 aromatic heterocycles. The third kappa shape index (κ3) is 2.41. The van der Waals surface area contributed by atoms with Crippen LogP contribution in [0.2, 0.25) is 0 Å². The van der Waals surface area contributed by atoms with Crippen LogP contribution < -0.4 is 5.43 Å². The highest BCUT2D eigenvalue weighted by Crippen LogP contribution is 2.26. The molecule has 0 spiro atoms. The molecule has 116 valence electrons. The molecule has 0 aliphatic heterocycles. The quantitative estimate of drug-likeness (QED) is 0.726. The Hall–Kier alpha value is -2.92. The maximum Gasteiger partial charge on any atom is 0.200 e. The molecule has 0 unspecified atom stereocenters. The first-order valence-corrected chi connectivity index (χ1v) is 7.00. The van der Waals surface area contributed by atoms with Gasteiger partial charge in [0.05, 0.1) is 23.1 Å². The highest BCUT2D eigenvalue weighted by molar-refractivity contribution is 5.87. The van der Waals surface area contributed by atoms with Crippen LogP contribution in [0.4, 0.5) is 0 Å². The number of aliphatic hydroxyl groups excluding tert-OH is 1. The van der Waals surface area contributed by atoms with Crippen LogP contribution >= 0.6 is 0 Å². The molecule has 5 nitrogen and oxygen atoms in total. The molecule has 2 aromatic carbocycles. The summed E-state index contributed by atoms with van der Waals surface area (Å²) in [6.07, 6.45) is 1.84. The summed E-state index contributed by atoms with van der Waals surface area (Å²) in [5.41, 5.74) is 2.24. The van der Waals surface area contributed by atoms with Crippen molar-refractivity contribution in [2.75, 3.05) is 0 Å². The minimum absolute atomic E-state index is 0.0913. The molecule has 2 N–H and O–H groups in total. The molecule has 0 saturated carbocycles. The fraction of sp³-hybridized carbons (Fsp3) is 0.111. The van der Waals surface area contributed by atoms with Gasteiger partial charge in [-0.2, -0.15) is 0 Å². The van der Waals surface area contributed by atoms with Crippen LogP contribution in [-0.4, -0.2) is 16.5 Å². The van der Waals surface area contributed by atoms with Crippen molar-refractivity contribution in [3.05, 3.63) is 63.5 Å². The Labute approximate surface area is 131 Å². The smallest absolute Gasteiger partial charge is 0.200 e. The Bertz CT molecular complexity index is 969. The van der Waals surface area contributed by atoms with Crippen molar-refractivity contribution in [1.82, 2.24) is 0 Å². The fourth-order valence-corrected chi connectivity index (χ4v) is 2.61. The molecule has 0 saturated heterocycles. The number of aryl methyl sites for hydroxylation is 1. The minimum Gasteiger partial charge on any atom is -0.507 e. The number of aliphatic hydroxyl groups is 1. The van der Waals surface area contributed by atoms with Crippen LogP contribution in [0.3, 0.4) is 0 Å². The number of fused-ring (bicyclic) bond motifs is 1. The lowest BCUT2D eigenvalue weighted by atomic mass is 9.99. The first kappa shape index (κ1) is 15.0. The predicted molar refractivity (Wildman–Crippen MR) is 85.6 cm³/mol. The van der Waals surface area contributed by atoms with Crippen LogP contribution in [0.15, 0.2) is 45.8 Å². The highest BCUT2D eigenvalue weighted by atomic mass is 16.3. The van der Waals surface area contributed by atoms with Gasteiger partial charge in [-0.25, -0.2) is 0 Å². The SMILES string of the molecule is Cc1ccc2occ(-c3ccc(O)c(C=O)c3)c(=O)c2c1CO. The maximum atomic E-state index is 12.8. The fourth-order valence-electron chi connectivity index (χ4n) is 2.61. The van der Waals surface area contributed by atoms with Crippen LogP contribution in [0.5, 0.6) is 5.75 Å². The molecule has 1 heterocycles. The van der Waals surface area contributed by atoms with E-state index in [9.17, 15) is 19.8 Å². The predicted octanol–water partition coefficient (Wildman–Crippen LogP) is 2.78. The van der Waals surface area contributed by atoms with Crippen LogP contribution in [0, 0.1) is 6.92 Å². The first-order chi connectivity index (χ1) is 11.1. The number of rotatable bonds is 3. The second kappa shape index (κ2) is 5.70. The van der Waals surface area contributed by atoms with Crippen molar-refractivity contribution in [1.29, 1.82) is 0 Å². The van der Waals surface area contributed by atoms with Gasteiger partial charge in [-0.1, -0.05) is 12.1 Å². The molecule has 0 aliphatic rings. The summed E-state index contributed by atoms with van der Waals surface area (Å²) in [5, 5.41) is 19.5. The van der Waals surface area contributed by atoms with Crippen molar-refractivity contribution < 1.29 is 19.4 Å². The van der Waals surface area contributed by atoms with Gasteiger partial charge in [-0.15, -0.1) is 0 Å². The molecule has 3 rings (SSSR count). The first-order valence-electron chi connectivity index (χ1n) is 7.00. The largest absolute Gasteiger partial charge is 0.507 e. The topological polar surface area (TPSA) is 87.7 Å². The zero-order chi connectivity index (χ0) is 16.6. The van der Waals surface area contributed by atoms with Gasteiger partial charge in [0.1, 0.15) is 17.6 Å². The van der Waals surface area contributed by atoms with E-state index >= 15 is 0 Å². The average Bonchev–Trinajstić information content (AvgIpc) is 2.56. The van der Waals surface area contributed by atoms with Crippen LogP contribution in [0.1, 0.15) is 21.5 Å². The van der Waals surface area contributed by atoms with E-state index < -0.39 is 0 Å². The number of aldehydes is 1. The maximum absolute atomic E-state index is 12.8. The van der Waals surface area contributed by atoms with E-state index in [0.29, 0.717) is 28.4 Å². The van der Waals surface area contributed by atoms with Gasteiger partial charge in [0, 0.05) is 0 Å². The van der Waals surface area contributed by atoms with Gasteiger partial charge in [0.2, 0.25) is 5.43 Å². The van der Waals surface area contributed by atoms with Crippen LogP contribution in [0.25, 0.3) is 22.1 Å². The zero-order valence-corrected chi connectivity index (χ0v) is 12.4. The summed E-state index contributed by atoms with van der Waals surface area (Å²) < 4.78 is 5.52. The van der Waals surface area contributed by atoms with E-state index in [1.165, 1.54) is 24.5 Å². The van der Waals surface area contributed by atoms with Crippen molar-refractivity contribution in [3.8, 4) is 16.9 Å². The number of aromatic hydroxyl groups is 1. The highest BCUT2D eigenvalue weighted by Gasteiger charge is 2.15. The van der Waals surface area contributed by atoms with E-state index in [1.807, 2.05) is 6.92 Å². The summed E-state index contributed by atoms with van der Waals surface area (Å²) >= 11 is 0. The molecule has 0 bridgehead atoms. The van der Waals surface area contributed by atoms with Gasteiger partial charge in [-0.3, -0.25) is 9.59 Å². The number of carbonyl (C=O) groups excluding carboxylic acids is 1. The van der Waals surface area contributed by atoms with Crippen LogP contribution in [-0.2, 0) is 6.61 Å². The van der Waals surface area contributed by atoms with E-state index in [0.717, 1.165) is 5.56 Å². The molecule has 0 atom stereocenters. The summed E-state index contributed by atoms with van der Waals surface area (Å²) in [6.45, 7) is 1.54. The molecule has 5 heteroatoms. The van der Waals surface area contributed by atoms with Crippen molar-refractivity contribution in [2.24, 2.45) is 0 Å². The third-order valence-corrected chi connectivity index (χ3v) is 3.91. The Morgan fingerprint density at radius 1 is 1.22 bits per heavy atom. The molecular formula is C18H14O5. The third-order valence-electron chi connectivity index (χ3n) is 3.91. The summed E-state index contributed by atoms with van der Waals surface area (Å²) in [7, 11) is 0.